The highest BCUT2D eigenvalue weighted by Gasteiger charge is 2.29. The van der Waals surface area contributed by atoms with E-state index in [1.807, 2.05) is 0 Å². The number of likely N-dealkylation sites (N-methyl/N-ethyl adjacent to an activating group) is 1. The predicted molar refractivity (Wildman–Crippen MR) is 38.0 cm³/mol. The Morgan fingerprint density at radius 1 is 1.30 bits per heavy atom. The van der Waals surface area contributed by atoms with Crippen molar-refractivity contribution in [3.8, 4) is 0 Å². The third-order valence-electron chi connectivity index (χ3n) is 2.09. The van der Waals surface area contributed by atoms with Crippen molar-refractivity contribution in [2.24, 2.45) is 0 Å². The number of rotatable bonds is 0. The molecule has 3 nitrogen and oxygen atoms in total. The molecule has 2 aliphatic heterocycles. The number of nitrogens with zero attached hydrogens (tertiary/aromatic N) is 2. The molecule has 2 rings (SSSR count). The minimum atomic E-state index is 0.456. The Morgan fingerprint density at radius 2 is 1.90 bits per heavy atom. The molecule has 57 valence electrons. The van der Waals surface area contributed by atoms with Crippen molar-refractivity contribution in [3.63, 3.8) is 0 Å². The lowest BCUT2D eigenvalue weighted by Crippen LogP contribution is -2.57. The van der Waals surface area contributed by atoms with Crippen LogP contribution >= 0.6 is 0 Å². The van der Waals surface area contributed by atoms with E-state index in [1.165, 1.54) is 0 Å². The molecule has 0 aromatic rings. The molecular weight excluding hydrogens is 128 g/mol. The summed E-state index contributed by atoms with van der Waals surface area (Å²) in [5.41, 5.74) is 0. The molecule has 2 bridgehead atoms. The summed E-state index contributed by atoms with van der Waals surface area (Å²) in [5.74, 6) is 0. The minimum Gasteiger partial charge on any atom is -0.378 e. The second-order valence-electron chi connectivity index (χ2n) is 3.22. The zero-order valence-corrected chi connectivity index (χ0v) is 6.29. The largest absolute Gasteiger partial charge is 0.378 e. The van der Waals surface area contributed by atoms with Crippen LogP contribution in [-0.4, -0.2) is 50.3 Å². The molecule has 0 aromatic carbocycles. The van der Waals surface area contributed by atoms with E-state index in [-0.39, 0.29) is 0 Å². The van der Waals surface area contributed by atoms with Gasteiger partial charge in [-0.3, -0.25) is 0 Å². The van der Waals surface area contributed by atoms with Crippen molar-refractivity contribution in [2.45, 2.75) is 12.1 Å². The number of morpholine rings is 1. The van der Waals surface area contributed by atoms with Crippen LogP contribution in [0.2, 0.25) is 0 Å². The molecule has 10 heavy (non-hydrogen) atoms. The summed E-state index contributed by atoms with van der Waals surface area (Å²) >= 11 is 0. The molecule has 2 unspecified atom stereocenters. The second-order valence-corrected chi connectivity index (χ2v) is 3.22. The van der Waals surface area contributed by atoms with Crippen LogP contribution in [0.25, 0.3) is 0 Å². The van der Waals surface area contributed by atoms with Gasteiger partial charge in [0.05, 0.1) is 25.3 Å². The summed E-state index contributed by atoms with van der Waals surface area (Å²) < 4.78 is 5.36. The molecule has 2 aliphatic rings. The Labute approximate surface area is 61.3 Å². The molecule has 2 heterocycles. The van der Waals surface area contributed by atoms with Gasteiger partial charge in [0.2, 0.25) is 0 Å². The van der Waals surface area contributed by atoms with E-state index in [9.17, 15) is 0 Å². The van der Waals surface area contributed by atoms with Gasteiger partial charge in [0, 0.05) is 13.1 Å². The standard InChI is InChI=1S/C7H13N2O/c1-9-2-6-4-10-5-7(3-9)8-6/h6-7H,2-5H2,1H3. The zero-order valence-electron chi connectivity index (χ0n) is 6.29. The summed E-state index contributed by atoms with van der Waals surface area (Å²) in [6, 6.07) is 0.912. The molecule has 2 atom stereocenters. The second kappa shape index (κ2) is 2.49. The topological polar surface area (TPSA) is 26.6 Å². The average molecular weight is 141 g/mol. The van der Waals surface area contributed by atoms with Crippen LogP contribution in [0.15, 0.2) is 0 Å². The van der Waals surface area contributed by atoms with E-state index in [0.717, 1.165) is 26.3 Å². The molecule has 0 aromatic heterocycles. The molecule has 0 amide bonds. The molecule has 0 saturated carbocycles. The number of hydrogen-bond donors (Lipinski definition) is 0. The number of hydrogen-bond acceptors (Lipinski definition) is 2. The normalized spacial score (nSPS) is 41.7. The summed E-state index contributed by atoms with van der Waals surface area (Å²) in [6.07, 6.45) is 0. The van der Waals surface area contributed by atoms with E-state index < -0.39 is 0 Å². The summed E-state index contributed by atoms with van der Waals surface area (Å²) in [5, 5.41) is 4.57. The van der Waals surface area contributed by atoms with Gasteiger partial charge in [0.15, 0.2) is 0 Å². The number of fused-ring (bicyclic) bond motifs is 2. The average Bonchev–Trinajstić information content (AvgIpc) is 1.85. The monoisotopic (exact) mass is 141 g/mol. The molecule has 0 N–H and O–H groups in total. The molecular formula is C7H13N2O. The highest BCUT2D eigenvalue weighted by molar-refractivity contribution is 4.86. The molecule has 0 spiro atoms. The van der Waals surface area contributed by atoms with E-state index in [1.54, 1.807) is 0 Å². The van der Waals surface area contributed by atoms with Gasteiger partial charge in [-0.25, -0.2) is 5.32 Å². The Bertz CT molecular complexity index is 113. The molecule has 1 radical (unpaired) electrons. The zero-order chi connectivity index (χ0) is 6.97. The van der Waals surface area contributed by atoms with Crippen molar-refractivity contribution in [2.75, 3.05) is 33.4 Å². The molecule has 2 saturated heterocycles. The first-order valence-corrected chi connectivity index (χ1v) is 3.81. The van der Waals surface area contributed by atoms with Crippen LogP contribution in [0.4, 0.5) is 0 Å². The molecule has 2 fully saturated rings. The van der Waals surface area contributed by atoms with Crippen molar-refractivity contribution in [1.82, 2.24) is 10.2 Å². The lowest BCUT2D eigenvalue weighted by molar-refractivity contribution is -0.00263. The SMILES string of the molecule is CN1CC2COCC(C1)[N]2. The van der Waals surface area contributed by atoms with E-state index >= 15 is 0 Å². The van der Waals surface area contributed by atoms with Gasteiger partial charge in [0.25, 0.3) is 0 Å². The van der Waals surface area contributed by atoms with Crippen molar-refractivity contribution in [3.05, 3.63) is 0 Å². The fourth-order valence-corrected chi connectivity index (χ4v) is 1.72. The van der Waals surface area contributed by atoms with Gasteiger partial charge in [-0.15, -0.1) is 0 Å². The van der Waals surface area contributed by atoms with Gasteiger partial charge in [0.1, 0.15) is 0 Å². The third kappa shape index (κ3) is 1.17. The van der Waals surface area contributed by atoms with Crippen LogP contribution in [0.3, 0.4) is 0 Å². The van der Waals surface area contributed by atoms with Crippen LogP contribution in [0.1, 0.15) is 0 Å². The summed E-state index contributed by atoms with van der Waals surface area (Å²) in [7, 11) is 2.15. The van der Waals surface area contributed by atoms with Crippen molar-refractivity contribution >= 4 is 0 Å². The summed E-state index contributed by atoms with van der Waals surface area (Å²) in [6.45, 7) is 3.83. The van der Waals surface area contributed by atoms with Crippen molar-refractivity contribution < 1.29 is 4.74 Å². The smallest absolute Gasteiger partial charge is 0.0649 e. The third-order valence-corrected chi connectivity index (χ3v) is 2.09. The van der Waals surface area contributed by atoms with Crippen LogP contribution in [-0.2, 0) is 4.74 Å². The fraction of sp³-hybridized carbons (Fsp3) is 1.00. The van der Waals surface area contributed by atoms with Gasteiger partial charge in [-0.2, -0.15) is 0 Å². The van der Waals surface area contributed by atoms with Gasteiger partial charge in [-0.05, 0) is 7.05 Å². The lowest BCUT2D eigenvalue weighted by atomic mass is 10.1. The maximum Gasteiger partial charge on any atom is 0.0649 e. The maximum absolute atomic E-state index is 5.36. The number of ether oxygens (including phenoxy) is 1. The highest BCUT2D eigenvalue weighted by Crippen LogP contribution is 2.09. The summed E-state index contributed by atoms with van der Waals surface area (Å²) in [4.78, 5) is 2.34. The van der Waals surface area contributed by atoms with Gasteiger partial charge < -0.3 is 9.64 Å². The Hall–Kier alpha value is -0.120. The lowest BCUT2D eigenvalue weighted by Gasteiger charge is -2.38. The van der Waals surface area contributed by atoms with Crippen LogP contribution in [0.5, 0.6) is 0 Å². The van der Waals surface area contributed by atoms with E-state index in [0.29, 0.717) is 12.1 Å². The number of piperazine rings is 1. The predicted octanol–water partition coefficient (Wildman–Crippen LogP) is -0.696. The van der Waals surface area contributed by atoms with Crippen LogP contribution < -0.4 is 5.32 Å². The van der Waals surface area contributed by atoms with E-state index in [2.05, 4.69) is 17.3 Å². The van der Waals surface area contributed by atoms with E-state index in [4.69, 9.17) is 4.74 Å². The first kappa shape index (κ1) is 6.58. The van der Waals surface area contributed by atoms with Crippen molar-refractivity contribution in [1.29, 1.82) is 0 Å². The Balaban J connectivity index is 1.98. The highest BCUT2D eigenvalue weighted by atomic mass is 16.5. The first-order valence-electron chi connectivity index (χ1n) is 3.81. The minimum absolute atomic E-state index is 0.456. The first-order chi connectivity index (χ1) is 4.84. The Morgan fingerprint density at radius 3 is 2.50 bits per heavy atom. The molecule has 3 heteroatoms. The van der Waals surface area contributed by atoms with Crippen LogP contribution in [0, 0.1) is 0 Å². The Kier molecular flexibility index (Phi) is 1.64. The maximum atomic E-state index is 5.36. The fourth-order valence-electron chi connectivity index (χ4n) is 1.72. The quantitative estimate of drug-likeness (QED) is 0.446. The molecule has 0 aliphatic carbocycles. The van der Waals surface area contributed by atoms with Gasteiger partial charge in [-0.1, -0.05) is 0 Å². The van der Waals surface area contributed by atoms with Gasteiger partial charge >= 0.3 is 0 Å².